The molecule has 1 fully saturated rings. The normalized spacial score (nSPS) is 22.5. The lowest BCUT2D eigenvalue weighted by molar-refractivity contribution is -0.135. The number of cyclic esters (lactones) is 1. The molecule has 0 amide bonds. The Morgan fingerprint density at radius 1 is 1.29 bits per heavy atom. The minimum atomic E-state index is -0.416. The Morgan fingerprint density at radius 2 is 2.06 bits per heavy atom. The van der Waals surface area contributed by atoms with Gasteiger partial charge in [0, 0.05) is 11.6 Å². The highest BCUT2D eigenvalue weighted by Gasteiger charge is 2.36. The molecule has 2 aliphatic rings. The first-order valence-electron chi connectivity index (χ1n) is 5.16. The monoisotopic (exact) mass is 254 g/mol. The molecule has 0 aliphatic carbocycles. The first kappa shape index (κ1) is 10.6. The number of ether oxygens (including phenoxy) is 2. The van der Waals surface area contributed by atoms with Crippen molar-refractivity contribution >= 4 is 22.6 Å². The van der Waals surface area contributed by atoms with E-state index in [1.54, 1.807) is 0 Å². The maximum atomic E-state index is 13.1. The molecule has 0 saturated carbocycles. The van der Waals surface area contributed by atoms with Gasteiger partial charge in [0.05, 0.1) is 23.1 Å². The summed E-state index contributed by atoms with van der Waals surface area (Å²) in [5, 5.41) is 0.296. The standard InChI is InChI=1S/C12H8ClFO3/c13-11-8-2-1-7(14)3-9(8)16-4-6-5-17-12(15)10(6)11/h1-3,6H,4-5H2. The molecule has 0 spiro atoms. The number of fused-ring (bicyclic) bond motifs is 2. The second kappa shape index (κ2) is 3.74. The molecule has 1 aromatic rings. The number of hydrogen-bond donors (Lipinski definition) is 0. The van der Waals surface area contributed by atoms with Crippen molar-refractivity contribution in [2.24, 2.45) is 5.92 Å². The van der Waals surface area contributed by atoms with Crippen LogP contribution in [0.3, 0.4) is 0 Å². The van der Waals surface area contributed by atoms with E-state index < -0.39 is 11.8 Å². The first-order valence-corrected chi connectivity index (χ1v) is 5.54. The quantitative estimate of drug-likeness (QED) is 0.667. The van der Waals surface area contributed by atoms with Gasteiger partial charge < -0.3 is 9.47 Å². The van der Waals surface area contributed by atoms with Crippen LogP contribution in [0.5, 0.6) is 5.75 Å². The van der Waals surface area contributed by atoms with Gasteiger partial charge in [0.15, 0.2) is 0 Å². The summed E-state index contributed by atoms with van der Waals surface area (Å²) in [6.07, 6.45) is 0. The van der Waals surface area contributed by atoms with E-state index in [4.69, 9.17) is 21.1 Å². The molecule has 0 aromatic heterocycles. The Balaban J connectivity index is 2.19. The molecule has 1 atom stereocenters. The second-order valence-corrected chi connectivity index (χ2v) is 4.35. The average molecular weight is 255 g/mol. The van der Waals surface area contributed by atoms with Crippen molar-refractivity contribution in [3.8, 4) is 5.75 Å². The Morgan fingerprint density at radius 3 is 2.88 bits per heavy atom. The van der Waals surface area contributed by atoms with Crippen LogP contribution >= 0.6 is 11.6 Å². The van der Waals surface area contributed by atoms with Gasteiger partial charge in [0.1, 0.15) is 18.2 Å². The topological polar surface area (TPSA) is 35.5 Å². The van der Waals surface area contributed by atoms with E-state index in [0.29, 0.717) is 21.9 Å². The van der Waals surface area contributed by atoms with Crippen molar-refractivity contribution in [3.63, 3.8) is 0 Å². The highest BCUT2D eigenvalue weighted by molar-refractivity contribution is 6.51. The Bertz CT molecular complexity index is 539. The largest absolute Gasteiger partial charge is 0.492 e. The molecule has 3 nitrogen and oxygen atoms in total. The summed E-state index contributed by atoms with van der Waals surface area (Å²) in [5.41, 5.74) is 0.960. The zero-order valence-corrected chi connectivity index (χ0v) is 9.46. The number of carbonyl (C=O) groups is 1. The van der Waals surface area contributed by atoms with E-state index in [1.807, 2.05) is 0 Å². The summed E-state index contributed by atoms with van der Waals surface area (Å²) < 4.78 is 23.5. The van der Waals surface area contributed by atoms with Gasteiger partial charge in [-0.1, -0.05) is 11.6 Å². The van der Waals surface area contributed by atoms with Gasteiger partial charge in [-0.05, 0) is 12.1 Å². The first-order chi connectivity index (χ1) is 8.16. The molecular formula is C12H8ClFO3. The number of halogens is 2. The minimum absolute atomic E-state index is 0.175. The van der Waals surface area contributed by atoms with Gasteiger partial charge in [-0.15, -0.1) is 0 Å². The smallest absolute Gasteiger partial charge is 0.336 e. The summed E-state index contributed by atoms with van der Waals surface area (Å²) in [6, 6.07) is 4.06. The fourth-order valence-electron chi connectivity index (χ4n) is 2.04. The molecule has 0 bridgehead atoms. The van der Waals surface area contributed by atoms with Crippen LogP contribution in [0.1, 0.15) is 5.56 Å². The summed E-state index contributed by atoms with van der Waals surface area (Å²) in [5.74, 6) is -0.621. The van der Waals surface area contributed by atoms with Gasteiger partial charge in [-0.3, -0.25) is 0 Å². The predicted octanol–water partition coefficient (Wildman–Crippen LogP) is 2.34. The van der Waals surface area contributed by atoms with E-state index in [2.05, 4.69) is 0 Å². The highest BCUT2D eigenvalue weighted by atomic mass is 35.5. The number of benzene rings is 1. The molecule has 3 rings (SSSR count). The van der Waals surface area contributed by atoms with Gasteiger partial charge in [-0.25, -0.2) is 9.18 Å². The molecule has 1 aromatic carbocycles. The molecular weight excluding hydrogens is 247 g/mol. The number of carbonyl (C=O) groups excluding carboxylic acids is 1. The van der Waals surface area contributed by atoms with E-state index in [9.17, 15) is 9.18 Å². The SMILES string of the molecule is O=C1OCC2COc3cc(F)ccc3C(Cl)=C12. The molecule has 88 valence electrons. The lowest BCUT2D eigenvalue weighted by atomic mass is 10.0. The zero-order valence-electron chi connectivity index (χ0n) is 8.70. The van der Waals surface area contributed by atoms with Crippen molar-refractivity contribution in [1.29, 1.82) is 0 Å². The van der Waals surface area contributed by atoms with Gasteiger partial charge in [0.2, 0.25) is 0 Å². The van der Waals surface area contributed by atoms with E-state index in [1.165, 1.54) is 18.2 Å². The summed E-state index contributed by atoms with van der Waals surface area (Å²) in [7, 11) is 0. The molecule has 0 radical (unpaired) electrons. The number of esters is 1. The number of rotatable bonds is 0. The Kier molecular flexibility index (Phi) is 2.33. The molecule has 2 aliphatic heterocycles. The minimum Gasteiger partial charge on any atom is -0.492 e. The second-order valence-electron chi connectivity index (χ2n) is 3.97. The lowest BCUT2D eigenvalue weighted by Crippen LogP contribution is -2.12. The van der Waals surface area contributed by atoms with E-state index in [0.717, 1.165) is 0 Å². The van der Waals surface area contributed by atoms with Gasteiger partial charge in [-0.2, -0.15) is 0 Å². The van der Waals surface area contributed by atoms with Crippen LogP contribution in [0.25, 0.3) is 5.03 Å². The van der Waals surface area contributed by atoms with Crippen LogP contribution in [0.4, 0.5) is 4.39 Å². The molecule has 17 heavy (non-hydrogen) atoms. The van der Waals surface area contributed by atoms with Gasteiger partial charge >= 0.3 is 5.97 Å². The molecule has 5 heteroatoms. The third-order valence-corrected chi connectivity index (χ3v) is 3.31. The number of hydrogen-bond acceptors (Lipinski definition) is 3. The van der Waals surface area contributed by atoms with Crippen molar-refractivity contribution < 1.29 is 18.7 Å². The zero-order chi connectivity index (χ0) is 12.0. The Labute approximate surface area is 102 Å². The fraction of sp³-hybridized carbons (Fsp3) is 0.250. The third kappa shape index (κ3) is 1.60. The van der Waals surface area contributed by atoms with Crippen molar-refractivity contribution in [2.75, 3.05) is 13.2 Å². The maximum absolute atomic E-state index is 13.1. The summed E-state index contributed by atoms with van der Waals surface area (Å²) in [4.78, 5) is 11.6. The van der Waals surface area contributed by atoms with Crippen LogP contribution in [0.15, 0.2) is 23.8 Å². The average Bonchev–Trinajstić information content (AvgIpc) is 2.60. The van der Waals surface area contributed by atoms with Crippen LogP contribution in [0, 0.1) is 11.7 Å². The summed E-state index contributed by atoms with van der Waals surface area (Å²) >= 11 is 6.18. The molecule has 1 saturated heterocycles. The molecule has 1 unspecified atom stereocenters. The molecule has 2 heterocycles. The van der Waals surface area contributed by atoms with Crippen LogP contribution < -0.4 is 4.74 Å². The fourth-order valence-corrected chi connectivity index (χ4v) is 2.42. The molecule has 0 N–H and O–H groups in total. The Hall–Kier alpha value is -1.55. The maximum Gasteiger partial charge on any atom is 0.336 e. The van der Waals surface area contributed by atoms with E-state index >= 15 is 0 Å². The van der Waals surface area contributed by atoms with Crippen LogP contribution in [0.2, 0.25) is 0 Å². The van der Waals surface area contributed by atoms with Crippen molar-refractivity contribution in [2.45, 2.75) is 0 Å². The van der Waals surface area contributed by atoms with Crippen molar-refractivity contribution in [1.82, 2.24) is 0 Å². The third-order valence-electron chi connectivity index (χ3n) is 2.90. The highest BCUT2D eigenvalue weighted by Crippen LogP contribution is 2.40. The summed E-state index contributed by atoms with van der Waals surface area (Å²) in [6.45, 7) is 0.536. The lowest BCUT2D eigenvalue weighted by Gasteiger charge is -2.08. The van der Waals surface area contributed by atoms with E-state index in [-0.39, 0.29) is 19.1 Å². The predicted molar refractivity (Wildman–Crippen MR) is 59.1 cm³/mol. The van der Waals surface area contributed by atoms with Gasteiger partial charge in [0.25, 0.3) is 0 Å². The van der Waals surface area contributed by atoms with Crippen LogP contribution in [-0.4, -0.2) is 19.2 Å². The van der Waals surface area contributed by atoms with Crippen LogP contribution in [-0.2, 0) is 9.53 Å². The van der Waals surface area contributed by atoms with Crippen molar-refractivity contribution in [3.05, 3.63) is 35.2 Å².